The molecule has 0 radical (unpaired) electrons. The van der Waals surface area contributed by atoms with Crippen LogP contribution in [0.3, 0.4) is 0 Å². The first kappa shape index (κ1) is 15.5. The largest absolute Gasteiger partial charge is 0.370 e. The molecule has 0 unspecified atom stereocenters. The number of benzene rings is 1. The number of aliphatic imine (C=N–C) groups is 1. The van der Waals surface area contributed by atoms with Crippen molar-refractivity contribution < 1.29 is 0 Å². The molecule has 0 spiro atoms. The summed E-state index contributed by atoms with van der Waals surface area (Å²) < 4.78 is 0. The van der Waals surface area contributed by atoms with Gasteiger partial charge < -0.3 is 11.1 Å². The molecule has 1 aromatic rings. The minimum Gasteiger partial charge on any atom is -0.370 e. The molecule has 1 rings (SSSR count). The summed E-state index contributed by atoms with van der Waals surface area (Å²) in [6, 6.07) is 8.56. The molecule has 19 heavy (non-hydrogen) atoms. The Hall–Kier alpha value is -1.51. The summed E-state index contributed by atoms with van der Waals surface area (Å²) in [6.45, 7) is 13.4. The van der Waals surface area contributed by atoms with Crippen molar-refractivity contribution in [1.29, 1.82) is 0 Å². The molecule has 3 nitrogen and oxygen atoms in total. The number of guanidine groups is 1. The highest BCUT2D eigenvalue weighted by molar-refractivity contribution is 5.78. The molecule has 0 bridgehead atoms. The van der Waals surface area contributed by atoms with Crippen LogP contribution in [0.2, 0.25) is 0 Å². The summed E-state index contributed by atoms with van der Waals surface area (Å²) >= 11 is 0. The van der Waals surface area contributed by atoms with Gasteiger partial charge in [0.1, 0.15) is 0 Å². The number of nitrogens with one attached hydrogen (secondary N) is 1. The van der Waals surface area contributed by atoms with Crippen molar-refractivity contribution in [3.63, 3.8) is 0 Å². The molecule has 3 N–H and O–H groups in total. The summed E-state index contributed by atoms with van der Waals surface area (Å²) in [5.74, 6) is 0.508. The third-order valence-electron chi connectivity index (χ3n) is 2.95. The number of aryl methyl sites for hydroxylation is 1. The van der Waals surface area contributed by atoms with Crippen LogP contribution in [0.15, 0.2) is 29.3 Å². The fourth-order valence-corrected chi connectivity index (χ4v) is 1.86. The fraction of sp³-hybridized carbons (Fsp3) is 0.562. The monoisotopic (exact) mass is 261 g/mol. The topological polar surface area (TPSA) is 50.4 Å². The van der Waals surface area contributed by atoms with Gasteiger partial charge in [0.2, 0.25) is 0 Å². The normalized spacial score (nSPS) is 13.5. The average Bonchev–Trinajstić information content (AvgIpc) is 2.24. The van der Waals surface area contributed by atoms with Crippen molar-refractivity contribution in [3.05, 3.63) is 35.4 Å². The van der Waals surface area contributed by atoms with E-state index < -0.39 is 0 Å². The molecule has 1 aromatic carbocycles. The van der Waals surface area contributed by atoms with Crippen molar-refractivity contribution in [2.75, 3.05) is 6.54 Å². The zero-order valence-corrected chi connectivity index (χ0v) is 13.0. The van der Waals surface area contributed by atoms with Gasteiger partial charge in [0.25, 0.3) is 0 Å². The van der Waals surface area contributed by atoms with Gasteiger partial charge in [0.15, 0.2) is 5.96 Å². The maximum atomic E-state index is 5.91. The summed E-state index contributed by atoms with van der Waals surface area (Å²) in [7, 11) is 0. The first-order chi connectivity index (χ1) is 8.60. The second-order valence-corrected chi connectivity index (χ2v) is 6.83. The maximum Gasteiger partial charge on any atom is 0.189 e. The molecule has 0 heterocycles. The van der Waals surface area contributed by atoms with Gasteiger partial charge in [0, 0.05) is 11.0 Å². The van der Waals surface area contributed by atoms with E-state index in [1.54, 1.807) is 0 Å². The van der Waals surface area contributed by atoms with Crippen LogP contribution in [0.25, 0.3) is 0 Å². The Kier molecular flexibility index (Phi) is 4.61. The predicted molar refractivity (Wildman–Crippen MR) is 83.6 cm³/mol. The van der Waals surface area contributed by atoms with E-state index in [0.29, 0.717) is 12.5 Å². The van der Waals surface area contributed by atoms with E-state index >= 15 is 0 Å². The average molecular weight is 261 g/mol. The number of hydrogen-bond donors (Lipinski definition) is 2. The summed E-state index contributed by atoms with van der Waals surface area (Å²) in [4.78, 5) is 4.47. The highest BCUT2D eigenvalue weighted by Crippen LogP contribution is 2.24. The third-order valence-corrected chi connectivity index (χ3v) is 2.95. The summed E-state index contributed by atoms with van der Waals surface area (Å²) in [5, 5.41) is 3.18. The Morgan fingerprint density at radius 1 is 1.21 bits per heavy atom. The van der Waals surface area contributed by atoms with Gasteiger partial charge in [-0.2, -0.15) is 0 Å². The molecule has 0 aliphatic rings. The van der Waals surface area contributed by atoms with Crippen LogP contribution in [0.4, 0.5) is 0 Å². The first-order valence-electron chi connectivity index (χ1n) is 6.75. The van der Waals surface area contributed by atoms with E-state index in [-0.39, 0.29) is 11.0 Å². The van der Waals surface area contributed by atoms with Crippen LogP contribution in [-0.4, -0.2) is 18.0 Å². The molecule has 0 atom stereocenters. The van der Waals surface area contributed by atoms with Crippen LogP contribution >= 0.6 is 0 Å². The molecule has 106 valence electrons. The molecule has 0 saturated carbocycles. The highest BCUT2D eigenvalue weighted by atomic mass is 15.1. The number of nitrogens with two attached hydrogens (primary N) is 1. The van der Waals surface area contributed by atoms with Crippen LogP contribution in [-0.2, 0) is 5.41 Å². The zero-order valence-electron chi connectivity index (χ0n) is 13.0. The molecular formula is C16H27N3. The second-order valence-electron chi connectivity index (χ2n) is 6.83. The lowest BCUT2D eigenvalue weighted by Gasteiger charge is -2.25. The minimum atomic E-state index is -0.0545. The molecular weight excluding hydrogens is 234 g/mol. The zero-order chi connectivity index (χ0) is 14.7. The van der Waals surface area contributed by atoms with Crippen molar-refractivity contribution in [3.8, 4) is 0 Å². The van der Waals surface area contributed by atoms with Crippen molar-refractivity contribution in [1.82, 2.24) is 5.32 Å². The molecule has 0 aliphatic carbocycles. The van der Waals surface area contributed by atoms with Gasteiger partial charge in [-0.1, -0.05) is 43.7 Å². The number of hydrogen-bond acceptors (Lipinski definition) is 1. The molecule has 0 aromatic heterocycles. The van der Waals surface area contributed by atoms with Crippen LogP contribution in [0.1, 0.15) is 45.7 Å². The van der Waals surface area contributed by atoms with Gasteiger partial charge in [-0.3, -0.25) is 4.99 Å². The van der Waals surface area contributed by atoms with Gasteiger partial charge in [0.05, 0.1) is 6.54 Å². The van der Waals surface area contributed by atoms with E-state index in [1.807, 2.05) is 0 Å². The lowest BCUT2D eigenvalue weighted by atomic mass is 9.84. The quantitative estimate of drug-likeness (QED) is 0.649. The Bertz CT molecular complexity index is 453. The Morgan fingerprint density at radius 3 is 2.37 bits per heavy atom. The maximum absolute atomic E-state index is 5.91. The summed E-state index contributed by atoms with van der Waals surface area (Å²) in [5.41, 5.74) is 8.41. The lowest BCUT2D eigenvalue weighted by Crippen LogP contribution is -2.45. The third kappa shape index (κ3) is 5.33. The molecule has 0 aliphatic heterocycles. The molecule has 0 amide bonds. The smallest absolute Gasteiger partial charge is 0.189 e. The molecule has 0 saturated heterocycles. The van der Waals surface area contributed by atoms with E-state index in [1.165, 1.54) is 11.1 Å². The van der Waals surface area contributed by atoms with E-state index in [4.69, 9.17) is 5.73 Å². The van der Waals surface area contributed by atoms with Gasteiger partial charge in [-0.15, -0.1) is 0 Å². The predicted octanol–water partition coefficient (Wildman–Crippen LogP) is 2.98. The summed E-state index contributed by atoms with van der Waals surface area (Å²) in [6.07, 6.45) is 0. The standard InChI is InChI=1S/C16H27N3/c1-12-8-7-9-13(10-12)16(5,6)11-18-14(17)19-15(2,3)4/h7-10H,11H2,1-6H3,(H3,17,18,19). The highest BCUT2D eigenvalue weighted by Gasteiger charge is 2.20. The van der Waals surface area contributed by atoms with Gasteiger partial charge in [-0.05, 0) is 33.3 Å². The Balaban J connectivity index is 2.77. The van der Waals surface area contributed by atoms with Gasteiger partial charge in [-0.25, -0.2) is 0 Å². The number of nitrogens with zero attached hydrogens (tertiary/aromatic N) is 1. The van der Waals surface area contributed by atoms with Crippen LogP contribution < -0.4 is 11.1 Å². The number of rotatable bonds is 3. The van der Waals surface area contributed by atoms with E-state index in [2.05, 4.69) is 76.1 Å². The Labute approximate surface area is 117 Å². The first-order valence-corrected chi connectivity index (χ1v) is 6.75. The molecule has 0 fully saturated rings. The van der Waals surface area contributed by atoms with Crippen molar-refractivity contribution in [2.45, 2.75) is 52.5 Å². The minimum absolute atomic E-state index is 0.0177. The molecule has 3 heteroatoms. The lowest BCUT2D eigenvalue weighted by molar-refractivity contribution is 0.500. The van der Waals surface area contributed by atoms with Crippen molar-refractivity contribution >= 4 is 5.96 Å². The SMILES string of the molecule is Cc1cccc(C(C)(C)CN=C(N)NC(C)(C)C)c1. The van der Waals surface area contributed by atoms with E-state index in [0.717, 1.165) is 0 Å². The van der Waals surface area contributed by atoms with E-state index in [9.17, 15) is 0 Å². The fourth-order valence-electron chi connectivity index (χ4n) is 1.86. The van der Waals surface area contributed by atoms with Crippen LogP contribution in [0, 0.1) is 6.92 Å². The van der Waals surface area contributed by atoms with Crippen molar-refractivity contribution in [2.24, 2.45) is 10.7 Å². The van der Waals surface area contributed by atoms with Crippen LogP contribution in [0.5, 0.6) is 0 Å². The van der Waals surface area contributed by atoms with Gasteiger partial charge >= 0.3 is 0 Å². The Morgan fingerprint density at radius 2 is 1.84 bits per heavy atom. The second kappa shape index (κ2) is 5.64.